The summed E-state index contributed by atoms with van der Waals surface area (Å²) in [4.78, 5) is 1.04. The van der Waals surface area contributed by atoms with E-state index in [-0.39, 0.29) is 6.73 Å². The van der Waals surface area contributed by atoms with Crippen molar-refractivity contribution in [2.75, 3.05) is 6.73 Å². The van der Waals surface area contributed by atoms with E-state index in [4.69, 9.17) is 9.94 Å². The zero-order chi connectivity index (χ0) is 7.68. The molecule has 0 saturated carbocycles. The van der Waals surface area contributed by atoms with Crippen LogP contribution in [0.3, 0.4) is 0 Å². The minimum Gasteiger partial charge on any atom is -0.468 e. The van der Waals surface area contributed by atoms with Gasteiger partial charge in [0.25, 0.3) is 0 Å². The third kappa shape index (κ3) is 1.22. The summed E-state index contributed by atoms with van der Waals surface area (Å²) in [6.45, 7) is 0.229. The molecular formula is C7H7NO2S. The lowest BCUT2D eigenvalue weighted by Gasteiger charge is -1.99. The summed E-state index contributed by atoms with van der Waals surface area (Å²) in [5.74, 6) is 0.738. The molecule has 0 bridgehead atoms. The fraction of sp³-hybridized carbons (Fsp3) is 0.143. The largest absolute Gasteiger partial charge is 0.468 e. The molecule has 1 aliphatic heterocycles. The van der Waals surface area contributed by atoms with Crippen molar-refractivity contribution in [3.8, 4) is 0 Å². The van der Waals surface area contributed by atoms with Gasteiger partial charge in [0.1, 0.15) is 0 Å². The third-order valence-electron chi connectivity index (χ3n) is 1.38. The van der Waals surface area contributed by atoms with Crippen LogP contribution in [0.2, 0.25) is 0 Å². The molecule has 0 saturated heterocycles. The lowest BCUT2D eigenvalue weighted by Crippen LogP contribution is -2.07. The van der Waals surface area contributed by atoms with Gasteiger partial charge in [0.05, 0.1) is 11.1 Å². The fourth-order valence-corrected chi connectivity index (χ4v) is 1.59. The predicted molar refractivity (Wildman–Crippen MR) is 41.9 cm³/mol. The van der Waals surface area contributed by atoms with Gasteiger partial charge in [-0.05, 0) is 11.4 Å². The van der Waals surface area contributed by atoms with Gasteiger partial charge in [-0.15, -0.1) is 11.3 Å². The van der Waals surface area contributed by atoms with Crippen LogP contribution in [0.5, 0.6) is 0 Å². The maximum absolute atomic E-state index is 8.93. The van der Waals surface area contributed by atoms with Gasteiger partial charge in [-0.25, -0.2) is 5.06 Å². The maximum Gasteiger partial charge on any atom is 0.184 e. The SMILES string of the molecule is ON1C=C(c2cccs2)OC1. The second-order valence-corrected chi connectivity index (χ2v) is 3.13. The van der Waals surface area contributed by atoms with Crippen LogP contribution in [-0.4, -0.2) is 17.0 Å². The van der Waals surface area contributed by atoms with E-state index in [1.165, 1.54) is 0 Å². The molecule has 1 aromatic rings. The lowest BCUT2D eigenvalue weighted by atomic mass is 10.4. The van der Waals surface area contributed by atoms with Crippen LogP contribution in [-0.2, 0) is 4.74 Å². The molecule has 1 N–H and O–H groups in total. The van der Waals surface area contributed by atoms with E-state index < -0.39 is 0 Å². The van der Waals surface area contributed by atoms with Crippen LogP contribution in [0.25, 0.3) is 5.76 Å². The quantitative estimate of drug-likeness (QED) is 0.694. The first kappa shape index (κ1) is 6.69. The molecule has 58 valence electrons. The molecule has 0 unspecified atom stereocenters. The summed E-state index contributed by atoms with van der Waals surface area (Å²) in [6, 6.07) is 3.90. The Labute approximate surface area is 68.1 Å². The third-order valence-corrected chi connectivity index (χ3v) is 2.27. The Morgan fingerprint density at radius 2 is 2.55 bits per heavy atom. The Balaban J connectivity index is 2.25. The molecule has 2 heterocycles. The number of hydrogen-bond acceptors (Lipinski definition) is 4. The molecule has 0 atom stereocenters. The molecule has 1 aromatic heterocycles. The molecule has 0 aliphatic carbocycles. The highest BCUT2D eigenvalue weighted by molar-refractivity contribution is 7.11. The van der Waals surface area contributed by atoms with E-state index in [0.29, 0.717) is 0 Å². The van der Waals surface area contributed by atoms with Crippen molar-refractivity contribution >= 4 is 17.1 Å². The molecule has 4 heteroatoms. The average Bonchev–Trinajstić information content (AvgIpc) is 2.55. The number of hydroxylamine groups is 2. The average molecular weight is 169 g/mol. The standard InChI is InChI=1S/C7H7NO2S/c9-8-4-6(10-5-8)7-2-1-3-11-7/h1-4,9H,5H2. The van der Waals surface area contributed by atoms with Crippen molar-refractivity contribution in [2.24, 2.45) is 0 Å². The van der Waals surface area contributed by atoms with Gasteiger partial charge in [0.2, 0.25) is 0 Å². The molecule has 1 aliphatic rings. The highest BCUT2D eigenvalue weighted by Gasteiger charge is 2.13. The Kier molecular flexibility index (Phi) is 1.56. The first-order valence-electron chi connectivity index (χ1n) is 3.20. The topological polar surface area (TPSA) is 32.7 Å². The summed E-state index contributed by atoms with van der Waals surface area (Å²) in [5, 5.41) is 11.9. The normalized spacial score (nSPS) is 16.5. The smallest absolute Gasteiger partial charge is 0.184 e. The van der Waals surface area contributed by atoms with Crippen LogP contribution in [0.1, 0.15) is 4.88 Å². The van der Waals surface area contributed by atoms with E-state index >= 15 is 0 Å². The molecule has 0 spiro atoms. The molecule has 2 rings (SSSR count). The number of thiophene rings is 1. The Hall–Kier alpha value is -1.00. The number of hydrogen-bond donors (Lipinski definition) is 1. The Morgan fingerprint density at radius 1 is 1.64 bits per heavy atom. The summed E-state index contributed by atoms with van der Waals surface area (Å²) >= 11 is 1.59. The molecular weight excluding hydrogens is 162 g/mol. The van der Waals surface area contributed by atoms with Gasteiger partial charge in [-0.2, -0.15) is 0 Å². The summed E-state index contributed by atoms with van der Waals surface area (Å²) in [6.07, 6.45) is 1.58. The van der Waals surface area contributed by atoms with Gasteiger partial charge >= 0.3 is 0 Å². The maximum atomic E-state index is 8.93. The van der Waals surface area contributed by atoms with Crippen molar-refractivity contribution in [3.63, 3.8) is 0 Å². The zero-order valence-corrected chi connectivity index (χ0v) is 6.54. The van der Waals surface area contributed by atoms with Gasteiger partial charge in [0.15, 0.2) is 12.5 Å². The summed E-state index contributed by atoms with van der Waals surface area (Å²) < 4.78 is 5.16. The summed E-state index contributed by atoms with van der Waals surface area (Å²) in [7, 11) is 0. The predicted octanol–water partition coefficient (Wildman–Crippen LogP) is 1.73. The first-order chi connectivity index (χ1) is 5.36. The highest BCUT2D eigenvalue weighted by atomic mass is 32.1. The van der Waals surface area contributed by atoms with Crippen LogP contribution >= 0.6 is 11.3 Å². The number of nitrogens with zero attached hydrogens (tertiary/aromatic N) is 1. The van der Waals surface area contributed by atoms with Crippen molar-refractivity contribution < 1.29 is 9.94 Å². The zero-order valence-electron chi connectivity index (χ0n) is 5.73. The van der Waals surface area contributed by atoms with Crippen molar-refractivity contribution in [3.05, 3.63) is 28.6 Å². The molecule has 11 heavy (non-hydrogen) atoms. The molecule has 0 radical (unpaired) electrons. The Morgan fingerprint density at radius 3 is 3.09 bits per heavy atom. The van der Waals surface area contributed by atoms with E-state index in [2.05, 4.69) is 0 Å². The molecule has 0 aromatic carbocycles. The second-order valence-electron chi connectivity index (χ2n) is 2.18. The van der Waals surface area contributed by atoms with E-state index in [1.54, 1.807) is 17.5 Å². The minimum absolute atomic E-state index is 0.229. The molecule has 3 nitrogen and oxygen atoms in total. The van der Waals surface area contributed by atoms with Crippen molar-refractivity contribution in [2.45, 2.75) is 0 Å². The highest BCUT2D eigenvalue weighted by Crippen LogP contribution is 2.24. The monoisotopic (exact) mass is 169 g/mol. The molecule has 0 amide bonds. The van der Waals surface area contributed by atoms with Crippen molar-refractivity contribution in [1.29, 1.82) is 0 Å². The van der Waals surface area contributed by atoms with Gasteiger partial charge in [-0.1, -0.05) is 6.07 Å². The fourth-order valence-electron chi connectivity index (χ4n) is 0.899. The van der Waals surface area contributed by atoms with E-state index in [9.17, 15) is 0 Å². The van der Waals surface area contributed by atoms with Gasteiger partial charge in [0, 0.05) is 0 Å². The minimum atomic E-state index is 0.229. The van der Waals surface area contributed by atoms with Crippen LogP contribution in [0, 0.1) is 0 Å². The van der Waals surface area contributed by atoms with Crippen molar-refractivity contribution in [1.82, 2.24) is 5.06 Å². The number of ether oxygens (including phenoxy) is 1. The van der Waals surface area contributed by atoms with Crippen LogP contribution in [0.4, 0.5) is 0 Å². The van der Waals surface area contributed by atoms with Gasteiger partial charge in [-0.3, -0.25) is 5.21 Å². The van der Waals surface area contributed by atoms with Gasteiger partial charge < -0.3 is 4.74 Å². The van der Waals surface area contributed by atoms with E-state index in [1.807, 2.05) is 17.5 Å². The first-order valence-corrected chi connectivity index (χ1v) is 4.08. The lowest BCUT2D eigenvalue weighted by molar-refractivity contribution is -0.0770. The Bertz CT molecular complexity index is 268. The summed E-state index contributed by atoms with van der Waals surface area (Å²) in [5.41, 5.74) is 0. The van der Waals surface area contributed by atoms with E-state index in [0.717, 1.165) is 15.7 Å². The van der Waals surface area contributed by atoms with Crippen LogP contribution in [0.15, 0.2) is 23.7 Å². The molecule has 0 fully saturated rings. The number of rotatable bonds is 1. The second kappa shape index (κ2) is 2.56. The van der Waals surface area contributed by atoms with Crippen LogP contribution < -0.4 is 0 Å².